The van der Waals surface area contributed by atoms with Gasteiger partial charge >= 0.3 is 12.1 Å². The second-order valence-corrected chi connectivity index (χ2v) is 22.2. The third kappa shape index (κ3) is 9.97. The minimum Gasteiger partial charge on any atom is -0.384 e. The molecular formula is C46H41N11O8S4. The van der Waals surface area contributed by atoms with Crippen molar-refractivity contribution in [2.75, 3.05) is 42.6 Å². The zero-order valence-corrected chi connectivity index (χ0v) is 40.1. The Morgan fingerprint density at radius 2 is 1.22 bits per heavy atom. The molecule has 0 aliphatic carbocycles. The molecule has 0 spiro atoms. The number of amidine groups is 1. The molecule has 0 atom stereocenters. The van der Waals surface area contributed by atoms with Crippen LogP contribution in [0.15, 0.2) is 139 Å². The Morgan fingerprint density at radius 1 is 0.667 bits per heavy atom. The van der Waals surface area contributed by atoms with Crippen molar-refractivity contribution < 1.29 is 26.4 Å². The number of carbonyl (C=O) groups is 2. The summed E-state index contributed by atoms with van der Waals surface area (Å²) < 4.78 is 56.1. The standard InChI is InChI=1S/C24H22N6O4S2.C22H19N5O4S2/c1-15-3-8-21(35-15)36(33,34)28-24(32)27-18-5-7-20(26-14-18)30-11-9-16-13-17(4-6-19(16)23(30)31)22-25-10-12-29(22)2;1-13-2-5-20(32-13)33(30,31)26-22(29)25-16-3-4-19(24-12-16)27-9-7-14-11-18-15(6-8-23-18)10-17(14)21(27)28/h3-9,11,13-14H,10,12H2,1-2H3,(H2,27,28,32);2-5,7,9-12,23H,6,8H2,1H3,(H2,25,26,29). The maximum Gasteiger partial charge on any atom is 0.333 e. The molecule has 6 aromatic heterocycles. The van der Waals surface area contributed by atoms with Gasteiger partial charge in [0.25, 0.3) is 31.2 Å². The lowest BCUT2D eigenvalue weighted by molar-refractivity contribution is 0.255. The van der Waals surface area contributed by atoms with Crippen LogP contribution < -0.4 is 36.5 Å². The lowest BCUT2D eigenvalue weighted by Gasteiger charge is -2.14. The smallest absolute Gasteiger partial charge is 0.333 e. The molecule has 2 aliphatic heterocycles. The number of fused-ring (bicyclic) bond motifs is 3. The number of hydrogen-bond acceptors (Lipinski definition) is 15. The number of nitrogens with one attached hydrogen (secondary N) is 5. The number of nitrogens with zero attached hydrogens (tertiary/aromatic N) is 6. The number of carbonyl (C=O) groups excluding carboxylic acids is 2. The van der Waals surface area contributed by atoms with Crippen molar-refractivity contribution in [1.29, 1.82) is 0 Å². The van der Waals surface area contributed by atoms with Crippen molar-refractivity contribution in [2.45, 2.75) is 28.7 Å². The first-order valence-electron chi connectivity index (χ1n) is 21.1. The van der Waals surface area contributed by atoms with Gasteiger partial charge in [0, 0.05) is 64.3 Å². The van der Waals surface area contributed by atoms with Crippen LogP contribution in [0.2, 0.25) is 0 Å². The van der Waals surface area contributed by atoms with Crippen molar-refractivity contribution in [2.24, 2.45) is 4.99 Å². The highest BCUT2D eigenvalue weighted by atomic mass is 32.3. The van der Waals surface area contributed by atoms with Crippen molar-refractivity contribution in [3.63, 3.8) is 0 Å². The monoisotopic (exact) mass is 1000 g/mol. The van der Waals surface area contributed by atoms with E-state index in [4.69, 9.17) is 0 Å². The summed E-state index contributed by atoms with van der Waals surface area (Å²) in [7, 11) is -5.93. The Morgan fingerprint density at radius 3 is 1.71 bits per heavy atom. The van der Waals surface area contributed by atoms with Gasteiger partial charge in [-0.05, 0) is 122 Å². The van der Waals surface area contributed by atoms with E-state index < -0.39 is 32.1 Å². The number of thiophene rings is 2. The number of aromatic nitrogens is 4. The molecule has 23 heteroatoms. The van der Waals surface area contributed by atoms with Crippen LogP contribution in [0.25, 0.3) is 33.2 Å². The fourth-order valence-electron chi connectivity index (χ4n) is 7.61. The Labute approximate surface area is 402 Å². The maximum absolute atomic E-state index is 13.1. The summed E-state index contributed by atoms with van der Waals surface area (Å²) in [6.45, 7) is 6.05. The number of rotatable bonds is 9. The molecule has 19 nitrogen and oxygen atoms in total. The Kier molecular flexibility index (Phi) is 12.6. The topological polar surface area (TPSA) is 248 Å². The van der Waals surface area contributed by atoms with Crippen molar-refractivity contribution >= 4 is 99.2 Å². The Bertz CT molecular complexity index is 3720. The summed E-state index contributed by atoms with van der Waals surface area (Å²) in [4.78, 5) is 67.3. The first-order valence-corrected chi connectivity index (χ1v) is 25.7. The van der Waals surface area contributed by atoms with E-state index in [1.54, 1.807) is 62.6 Å². The van der Waals surface area contributed by atoms with Crippen LogP contribution >= 0.6 is 22.7 Å². The maximum atomic E-state index is 13.1. The molecule has 4 amide bonds. The molecule has 0 fully saturated rings. The molecule has 8 aromatic rings. The minimum absolute atomic E-state index is 0.0506. The van der Waals surface area contributed by atoms with Gasteiger partial charge in [-0.25, -0.2) is 45.8 Å². The van der Waals surface area contributed by atoms with Gasteiger partial charge in [0.15, 0.2) is 0 Å². The highest BCUT2D eigenvalue weighted by molar-refractivity contribution is 7.92. The van der Waals surface area contributed by atoms with Crippen molar-refractivity contribution in [3.8, 4) is 11.6 Å². The summed E-state index contributed by atoms with van der Waals surface area (Å²) in [6, 6.07) is 23.8. The van der Waals surface area contributed by atoms with Gasteiger partial charge in [0.1, 0.15) is 25.9 Å². The molecule has 0 saturated heterocycles. The number of aryl methyl sites for hydroxylation is 2. The number of aliphatic imine (C=N–C) groups is 1. The molecule has 352 valence electrons. The highest BCUT2D eigenvalue weighted by Crippen LogP contribution is 2.27. The zero-order valence-electron chi connectivity index (χ0n) is 36.9. The molecule has 10 rings (SSSR count). The molecular weight excluding hydrogens is 963 g/mol. The summed E-state index contributed by atoms with van der Waals surface area (Å²) in [5.74, 6) is 1.65. The molecule has 0 saturated carbocycles. The normalized spacial score (nSPS) is 13.3. The predicted molar refractivity (Wildman–Crippen MR) is 268 cm³/mol. The molecule has 69 heavy (non-hydrogen) atoms. The van der Waals surface area contributed by atoms with Crippen LogP contribution in [-0.4, -0.2) is 85.4 Å². The zero-order chi connectivity index (χ0) is 48.6. The number of pyridine rings is 4. The van der Waals surface area contributed by atoms with Crippen LogP contribution in [-0.2, 0) is 26.5 Å². The van der Waals surface area contributed by atoms with E-state index in [2.05, 4.69) is 35.8 Å². The van der Waals surface area contributed by atoms with Gasteiger partial charge in [-0.2, -0.15) is 0 Å². The number of amides is 4. The molecule has 5 N–H and O–H groups in total. The quantitative estimate of drug-likeness (QED) is 0.109. The molecule has 2 aromatic carbocycles. The number of anilines is 3. The SMILES string of the molecule is Cc1ccc(S(=O)(=O)NC(=O)Nc2ccc(-n3ccc4cc(C5=NCCN5C)ccc4c3=O)nc2)s1.Cc1ccc(S(=O)(=O)NC(=O)Nc2ccc(-n3ccc4cc5c(cc4c3=O)CCN5)nc2)s1. The van der Waals surface area contributed by atoms with Gasteiger partial charge in [0.2, 0.25) is 0 Å². The summed E-state index contributed by atoms with van der Waals surface area (Å²) >= 11 is 2.14. The summed E-state index contributed by atoms with van der Waals surface area (Å²) in [5.41, 5.74) is 3.27. The first kappa shape index (κ1) is 46.4. The Hall–Kier alpha value is -7.73. The molecule has 0 unspecified atom stereocenters. The number of likely N-dealkylation sites (N-methyl/N-ethyl adjacent to an activating group) is 1. The fourth-order valence-corrected chi connectivity index (χ4v) is 12.0. The molecule has 2 aliphatic rings. The van der Waals surface area contributed by atoms with Crippen LogP contribution in [0.1, 0.15) is 20.9 Å². The van der Waals surface area contributed by atoms with Crippen molar-refractivity contribution in [3.05, 3.63) is 157 Å². The van der Waals surface area contributed by atoms with Gasteiger partial charge in [-0.15, -0.1) is 22.7 Å². The van der Waals surface area contributed by atoms with Crippen molar-refractivity contribution in [1.82, 2.24) is 33.4 Å². The van der Waals surface area contributed by atoms with E-state index >= 15 is 0 Å². The molecule has 0 radical (unpaired) electrons. The average Bonchev–Trinajstić information content (AvgIpc) is 4.16. The van der Waals surface area contributed by atoms with Gasteiger partial charge in [-0.3, -0.25) is 23.7 Å². The van der Waals surface area contributed by atoms with Gasteiger partial charge in [-0.1, -0.05) is 6.07 Å². The van der Waals surface area contributed by atoms with Crippen LogP contribution in [0.3, 0.4) is 0 Å². The predicted octanol–water partition coefficient (Wildman–Crippen LogP) is 6.19. The molecule has 0 bridgehead atoms. The average molecular weight is 1000 g/mol. The van der Waals surface area contributed by atoms with Crippen LogP contribution in [0, 0.1) is 13.8 Å². The second kappa shape index (κ2) is 18.7. The minimum atomic E-state index is -3.97. The van der Waals surface area contributed by atoms with Crippen LogP contribution in [0.4, 0.5) is 26.7 Å². The third-order valence-corrected chi connectivity index (χ3v) is 16.6. The Balaban J connectivity index is 0.000000172. The number of urea groups is 2. The van der Waals surface area contributed by atoms with E-state index in [0.29, 0.717) is 22.4 Å². The van der Waals surface area contributed by atoms with E-state index in [9.17, 15) is 36.0 Å². The highest BCUT2D eigenvalue weighted by Gasteiger charge is 2.22. The third-order valence-electron chi connectivity index (χ3n) is 11.0. The number of benzene rings is 2. The second-order valence-electron chi connectivity index (χ2n) is 15.8. The number of hydrogen-bond donors (Lipinski definition) is 5. The van der Waals surface area contributed by atoms with E-state index in [0.717, 1.165) is 91.9 Å². The largest absolute Gasteiger partial charge is 0.384 e. The van der Waals surface area contributed by atoms with Crippen LogP contribution in [0.5, 0.6) is 0 Å². The lowest BCUT2D eigenvalue weighted by atomic mass is 10.1. The van der Waals surface area contributed by atoms with Gasteiger partial charge in [0.05, 0.1) is 30.3 Å². The number of sulfonamides is 2. The first-order chi connectivity index (χ1) is 33.0. The van der Waals surface area contributed by atoms with E-state index in [-0.39, 0.29) is 30.9 Å². The van der Waals surface area contributed by atoms with E-state index in [1.165, 1.54) is 39.7 Å². The summed E-state index contributed by atoms with van der Waals surface area (Å²) in [6.07, 6.45) is 6.89. The molecule has 8 heterocycles. The van der Waals surface area contributed by atoms with Gasteiger partial charge < -0.3 is 20.9 Å². The summed E-state index contributed by atoms with van der Waals surface area (Å²) in [5, 5.41) is 11.0. The lowest BCUT2D eigenvalue weighted by Crippen LogP contribution is -2.34. The fraction of sp³-hybridized carbons (Fsp3) is 0.152. The van der Waals surface area contributed by atoms with E-state index in [1.807, 2.05) is 52.9 Å².